The molecule has 8 heteroatoms. The van der Waals surface area contributed by atoms with E-state index in [1.807, 2.05) is 0 Å². The summed E-state index contributed by atoms with van der Waals surface area (Å²) in [5.41, 5.74) is 0.509. The molecule has 2 rings (SSSR count). The summed E-state index contributed by atoms with van der Waals surface area (Å²) in [7, 11) is -3.80. The van der Waals surface area contributed by atoms with Crippen molar-refractivity contribution in [2.75, 3.05) is 0 Å². The van der Waals surface area contributed by atoms with Crippen molar-refractivity contribution in [1.29, 1.82) is 0 Å². The van der Waals surface area contributed by atoms with Crippen LogP contribution < -0.4 is 10.8 Å². The molecule has 0 bridgehead atoms. The maximum Gasteiger partial charge on any atom is 0.323 e. The Kier molecular flexibility index (Phi) is 2.21. The highest BCUT2D eigenvalue weighted by Gasteiger charge is 2.14. The van der Waals surface area contributed by atoms with Crippen LogP contribution in [0.4, 0.5) is 0 Å². The van der Waals surface area contributed by atoms with Crippen LogP contribution in [0.25, 0.3) is 11.0 Å². The van der Waals surface area contributed by atoms with E-state index in [1.165, 1.54) is 12.1 Å². The van der Waals surface area contributed by atoms with Gasteiger partial charge in [0, 0.05) is 4.47 Å². The Morgan fingerprint density at radius 2 is 1.73 bits per heavy atom. The predicted octanol–water partition coefficient (Wildman–Crippen LogP) is 0.266. The molecule has 0 aliphatic heterocycles. The van der Waals surface area contributed by atoms with Gasteiger partial charge in [0.1, 0.15) is 0 Å². The minimum absolute atomic E-state index is 0.0646. The van der Waals surface area contributed by atoms with E-state index in [4.69, 9.17) is 5.14 Å². The van der Waals surface area contributed by atoms with Crippen LogP contribution in [0.3, 0.4) is 0 Å². The quantitative estimate of drug-likeness (QED) is 0.701. The van der Waals surface area contributed by atoms with Gasteiger partial charge in [-0.1, -0.05) is 0 Å². The standard InChI is InChI=1S/C7H6BrN3O3S/c8-3-1-4-5(11-7(12)10-4)2-6(3)15(9,13)14/h1-2H,(H2,9,13,14)(H2,10,11,12). The van der Waals surface area contributed by atoms with Crippen molar-refractivity contribution in [3.8, 4) is 0 Å². The fourth-order valence-electron chi connectivity index (χ4n) is 1.25. The summed E-state index contributed by atoms with van der Waals surface area (Å²) >= 11 is 3.07. The molecule has 4 N–H and O–H groups in total. The first-order valence-corrected chi connectivity index (χ1v) is 6.16. The highest BCUT2D eigenvalue weighted by atomic mass is 79.9. The molecule has 0 aliphatic rings. The Hall–Kier alpha value is -1.12. The zero-order valence-corrected chi connectivity index (χ0v) is 9.65. The molecule has 15 heavy (non-hydrogen) atoms. The van der Waals surface area contributed by atoms with Crippen molar-refractivity contribution in [2.24, 2.45) is 5.14 Å². The van der Waals surface area contributed by atoms with Crippen LogP contribution in [-0.4, -0.2) is 18.4 Å². The third kappa shape index (κ3) is 1.83. The highest BCUT2D eigenvalue weighted by molar-refractivity contribution is 9.10. The summed E-state index contributed by atoms with van der Waals surface area (Å²) in [6.45, 7) is 0. The van der Waals surface area contributed by atoms with Crippen LogP contribution in [0.2, 0.25) is 0 Å². The number of hydrogen-bond acceptors (Lipinski definition) is 3. The molecule has 0 saturated heterocycles. The molecule has 0 atom stereocenters. The van der Waals surface area contributed by atoms with E-state index < -0.39 is 15.7 Å². The second kappa shape index (κ2) is 3.19. The first kappa shape index (κ1) is 10.4. The third-order valence-corrected chi connectivity index (χ3v) is 3.74. The average Bonchev–Trinajstić information content (AvgIpc) is 2.40. The number of hydrogen-bond donors (Lipinski definition) is 3. The number of rotatable bonds is 1. The minimum Gasteiger partial charge on any atom is -0.306 e. The zero-order chi connectivity index (χ0) is 11.2. The van der Waals surface area contributed by atoms with Crippen molar-refractivity contribution in [1.82, 2.24) is 9.97 Å². The zero-order valence-electron chi connectivity index (χ0n) is 7.24. The van der Waals surface area contributed by atoms with Crippen molar-refractivity contribution in [2.45, 2.75) is 4.90 Å². The Labute approximate surface area is 92.7 Å². The number of fused-ring (bicyclic) bond motifs is 1. The third-order valence-electron chi connectivity index (χ3n) is 1.87. The van der Waals surface area contributed by atoms with Gasteiger partial charge in [0.2, 0.25) is 10.0 Å². The number of halogens is 1. The Morgan fingerprint density at radius 3 is 2.27 bits per heavy atom. The molecule has 2 aromatic rings. The minimum atomic E-state index is -3.80. The second-order valence-corrected chi connectivity index (χ2v) is 5.34. The number of imidazole rings is 1. The van der Waals surface area contributed by atoms with E-state index >= 15 is 0 Å². The topological polar surface area (TPSA) is 109 Å². The van der Waals surface area contributed by atoms with Gasteiger partial charge < -0.3 is 9.97 Å². The normalized spacial score (nSPS) is 12.1. The second-order valence-electron chi connectivity index (χ2n) is 2.95. The molecule has 80 valence electrons. The summed E-state index contributed by atoms with van der Waals surface area (Å²) < 4.78 is 22.6. The van der Waals surface area contributed by atoms with Crippen molar-refractivity contribution >= 4 is 37.0 Å². The van der Waals surface area contributed by atoms with Crippen LogP contribution in [0.5, 0.6) is 0 Å². The molecule has 0 saturated carbocycles. The number of aromatic amines is 2. The van der Waals surface area contributed by atoms with Crippen LogP contribution in [0, 0.1) is 0 Å². The smallest absolute Gasteiger partial charge is 0.306 e. The molecule has 1 aromatic heterocycles. The Morgan fingerprint density at radius 1 is 1.20 bits per heavy atom. The summed E-state index contributed by atoms with van der Waals surface area (Å²) in [5, 5.41) is 5.00. The maximum absolute atomic E-state index is 11.1. The molecule has 0 amide bonds. The molecule has 1 aromatic carbocycles. The van der Waals surface area contributed by atoms with E-state index in [1.54, 1.807) is 0 Å². The summed E-state index contributed by atoms with van der Waals surface area (Å²) in [6.07, 6.45) is 0. The van der Waals surface area contributed by atoms with Crippen molar-refractivity contribution in [3.63, 3.8) is 0 Å². The molecule has 6 nitrogen and oxygen atoms in total. The molecular weight excluding hydrogens is 286 g/mol. The van der Waals surface area contributed by atoms with Gasteiger partial charge in [0.05, 0.1) is 15.9 Å². The van der Waals surface area contributed by atoms with Gasteiger partial charge in [0.25, 0.3) is 0 Å². The first-order chi connectivity index (χ1) is 6.88. The van der Waals surface area contributed by atoms with E-state index in [2.05, 4.69) is 25.9 Å². The highest BCUT2D eigenvalue weighted by Crippen LogP contribution is 2.24. The summed E-state index contributed by atoms with van der Waals surface area (Å²) in [4.78, 5) is 15.8. The number of sulfonamides is 1. The van der Waals surface area contributed by atoms with Crippen LogP contribution in [0.1, 0.15) is 0 Å². The lowest BCUT2D eigenvalue weighted by Crippen LogP contribution is -2.12. The van der Waals surface area contributed by atoms with Crippen molar-refractivity contribution in [3.05, 3.63) is 27.1 Å². The lowest BCUT2D eigenvalue weighted by Gasteiger charge is -2.01. The molecule has 1 heterocycles. The van der Waals surface area contributed by atoms with Gasteiger partial charge in [-0.2, -0.15) is 0 Å². The molecule has 0 aliphatic carbocycles. The van der Waals surface area contributed by atoms with Gasteiger partial charge in [0.15, 0.2) is 0 Å². The molecule has 0 unspecified atom stereocenters. The lowest BCUT2D eigenvalue weighted by molar-refractivity contribution is 0.597. The molecular formula is C7H6BrN3O3S. The van der Waals surface area contributed by atoms with E-state index in [9.17, 15) is 13.2 Å². The van der Waals surface area contributed by atoms with E-state index in [0.29, 0.717) is 15.5 Å². The Balaban J connectivity index is 2.89. The van der Waals surface area contributed by atoms with Gasteiger partial charge in [-0.3, -0.25) is 0 Å². The van der Waals surface area contributed by atoms with Gasteiger partial charge >= 0.3 is 5.69 Å². The molecule has 0 radical (unpaired) electrons. The Bertz CT molecular complexity index is 685. The van der Waals surface area contributed by atoms with Crippen LogP contribution >= 0.6 is 15.9 Å². The van der Waals surface area contributed by atoms with Crippen LogP contribution in [0.15, 0.2) is 26.3 Å². The number of benzene rings is 1. The number of primary sulfonamides is 1. The number of H-pyrrole nitrogens is 2. The number of nitrogens with one attached hydrogen (secondary N) is 2. The maximum atomic E-state index is 11.1. The largest absolute Gasteiger partial charge is 0.323 e. The average molecular weight is 292 g/mol. The van der Waals surface area contributed by atoms with E-state index in [-0.39, 0.29) is 4.90 Å². The number of nitrogens with two attached hydrogens (primary N) is 1. The molecule has 0 fully saturated rings. The molecule has 0 spiro atoms. The monoisotopic (exact) mass is 291 g/mol. The summed E-state index contributed by atoms with van der Waals surface area (Å²) in [5.74, 6) is 0. The number of aromatic nitrogens is 2. The van der Waals surface area contributed by atoms with Gasteiger partial charge in [-0.25, -0.2) is 18.4 Å². The fraction of sp³-hybridized carbons (Fsp3) is 0. The van der Waals surface area contributed by atoms with Crippen molar-refractivity contribution < 1.29 is 8.42 Å². The summed E-state index contributed by atoms with van der Waals surface area (Å²) in [6, 6.07) is 2.78. The fourth-order valence-corrected chi connectivity index (χ4v) is 2.89. The van der Waals surface area contributed by atoms with Gasteiger partial charge in [-0.15, -0.1) is 0 Å². The lowest BCUT2D eigenvalue weighted by atomic mass is 10.3. The SMILES string of the molecule is NS(=O)(=O)c1cc2[nH]c(=O)[nH]c2cc1Br. The predicted molar refractivity (Wildman–Crippen MR) is 58.0 cm³/mol. The van der Waals surface area contributed by atoms with E-state index in [0.717, 1.165) is 0 Å². The van der Waals surface area contributed by atoms with Crippen LogP contribution in [-0.2, 0) is 10.0 Å². The first-order valence-electron chi connectivity index (χ1n) is 3.82. The van der Waals surface area contributed by atoms with Gasteiger partial charge in [-0.05, 0) is 28.1 Å².